The molecule has 28 heavy (non-hydrogen) atoms. The topological polar surface area (TPSA) is 46.5 Å². The smallest absolute Gasteiger partial charge is 0.177 e. The van der Waals surface area contributed by atoms with E-state index in [4.69, 9.17) is 4.40 Å². The number of ketones is 2. The molecule has 5 heteroatoms. The van der Waals surface area contributed by atoms with Crippen molar-refractivity contribution in [3.63, 3.8) is 0 Å². The fourth-order valence-electron chi connectivity index (χ4n) is 3.73. The zero-order valence-corrected chi connectivity index (χ0v) is 16.4. The van der Waals surface area contributed by atoms with Gasteiger partial charge in [-0.25, -0.2) is 4.40 Å². The molecule has 0 fully saturated rings. The fraction of sp³-hybridized carbons (Fsp3) is 0.0870. The molecular weight excluding hydrogens is 386 g/mol. The van der Waals surface area contributed by atoms with Crippen LogP contribution < -0.4 is 0 Å². The van der Waals surface area contributed by atoms with Crippen LogP contribution in [0.5, 0.6) is 0 Å². The Balaban J connectivity index is 1.63. The normalized spacial score (nSPS) is 21.6. The second-order valence-electron chi connectivity index (χ2n) is 6.70. The molecule has 1 aliphatic heterocycles. The SMILES string of the molecule is O=C1c2ccccc2C(=O)C1C1(c2ccccc2)SN=C(c2ccccc2)S1. The number of nitrogens with zero attached hydrogens (tertiary/aromatic N) is 1. The van der Waals surface area contributed by atoms with Gasteiger partial charge in [-0.15, -0.1) is 0 Å². The number of hydrogen-bond donors (Lipinski definition) is 0. The summed E-state index contributed by atoms with van der Waals surface area (Å²) in [7, 11) is 0. The maximum atomic E-state index is 13.3. The standard InChI is InChI=1S/C23H15NO2S2/c25-20-17-13-7-8-14-18(17)21(26)19(20)23(16-11-5-2-6-12-16)27-22(24-28-23)15-9-3-1-4-10-15/h1-14,19H. The Morgan fingerprint density at radius 3 is 1.86 bits per heavy atom. The van der Waals surface area contributed by atoms with Crippen LogP contribution in [-0.2, 0) is 4.08 Å². The fourth-order valence-corrected chi connectivity index (χ4v) is 6.50. The third-order valence-electron chi connectivity index (χ3n) is 5.07. The first-order valence-electron chi connectivity index (χ1n) is 8.94. The van der Waals surface area contributed by atoms with Crippen molar-refractivity contribution >= 4 is 40.3 Å². The summed E-state index contributed by atoms with van der Waals surface area (Å²) in [6, 6.07) is 26.8. The highest BCUT2D eigenvalue weighted by molar-refractivity contribution is 8.28. The molecule has 2 aliphatic rings. The van der Waals surface area contributed by atoms with Gasteiger partial charge in [-0.1, -0.05) is 96.7 Å². The summed E-state index contributed by atoms with van der Waals surface area (Å²) in [6.07, 6.45) is 0. The summed E-state index contributed by atoms with van der Waals surface area (Å²) in [6.45, 7) is 0. The van der Waals surface area contributed by atoms with E-state index in [9.17, 15) is 9.59 Å². The van der Waals surface area contributed by atoms with Crippen molar-refractivity contribution in [3.8, 4) is 0 Å². The second kappa shape index (κ2) is 6.76. The van der Waals surface area contributed by atoms with E-state index in [1.165, 1.54) is 23.7 Å². The molecule has 0 saturated carbocycles. The molecule has 0 N–H and O–H groups in total. The van der Waals surface area contributed by atoms with E-state index in [1.54, 1.807) is 12.1 Å². The van der Waals surface area contributed by atoms with Gasteiger partial charge < -0.3 is 0 Å². The Morgan fingerprint density at radius 1 is 0.714 bits per heavy atom. The quantitative estimate of drug-likeness (QED) is 0.437. The molecule has 0 amide bonds. The van der Waals surface area contributed by atoms with E-state index in [0.29, 0.717) is 11.1 Å². The highest BCUT2D eigenvalue weighted by atomic mass is 32.2. The van der Waals surface area contributed by atoms with Crippen molar-refractivity contribution in [2.45, 2.75) is 4.08 Å². The molecule has 0 aromatic heterocycles. The Labute approximate surface area is 171 Å². The number of carbonyl (C=O) groups is 2. The molecule has 1 aliphatic carbocycles. The minimum Gasteiger partial charge on any atom is -0.293 e. The van der Waals surface area contributed by atoms with Crippen LogP contribution in [0, 0.1) is 5.92 Å². The van der Waals surface area contributed by atoms with Crippen LogP contribution in [0.3, 0.4) is 0 Å². The highest BCUT2D eigenvalue weighted by Gasteiger charge is 2.57. The number of rotatable bonds is 3. The van der Waals surface area contributed by atoms with Gasteiger partial charge in [-0.05, 0) is 17.5 Å². The molecule has 0 spiro atoms. The molecule has 136 valence electrons. The molecule has 0 saturated heterocycles. The number of Topliss-reactive ketones (excluding diaryl/α,β-unsaturated/α-hetero) is 2. The summed E-state index contributed by atoms with van der Waals surface area (Å²) in [5, 5.41) is 0.839. The largest absolute Gasteiger partial charge is 0.293 e. The number of thioether (sulfide) groups is 1. The van der Waals surface area contributed by atoms with Crippen molar-refractivity contribution in [1.82, 2.24) is 0 Å². The second-order valence-corrected chi connectivity index (χ2v) is 9.20. The van der Waals surface area contributed by atoms with E-state index < -0.39 is 10.00 Å². The van der Waals surface area contributed by atoms with E-state index in [-0.39, 0.29) is 11.6 Å². The molecular formula is C23H15NO2S2. The maximum Gasteiger partial charge on any atom is 0.177 e. The van der Waals surface area contributed by atoms with Crippen molar-refractivity contribution in [3.05, 3.63) is 107 Å². The lowest BCUT2D eigenvalue weighted by molar-refractivity contribution is 0.0828. The Bertz CT molecular complexity index is 1080. The minimum atomic E-state index is -0.806. The Hall–Kier alpha value is -2.63. The van der Waals surface area contributed by atoms with Crippen molar-refractivity contribution in [1.29, 1.82) is 0 Å². The molecule has 1 atom stereocenters. The predicted molar refractivity (Wildman–Crippen MR) is 115 cm³/mol. The van der Waals surface area contributed by atoms with Gasteiger partial charge in [0.2, 0.25) is 0 Å². The molecule has 3 aromatic carbocycles. The molecule has 0 bridgehead atoms. The van der Waals surface area contributed by atoms with Crippen LogP contribution in [0.15, 0.2) is 89.3 Å². The summed E-state index contributed by atoms with van der Waals surface area (Å²) in [5.41, 5.74) is 2.96. The number of fused-ring (bicyclic) bond motifs is 1. The zero-order chi connectivity index (χ0) is 19.1. The summed E-state index contributed by atoms with van der Waals surface area (Å²) in [4.78, 5) is 26.6. The van der Waals surface area contributed by atoms with Crippen LogP contribution in [0.1, 0.15) is 31.8 Å². The van der Waals surface area contributed by atoms with Crippen molar-refractivity contribution < 1.29 is 9.59 Å². The highest BCUT2D eigenvalue weighted by Crippen LogP contribution is 2.60. The van der Waals surface area contributed by atoms with Crippen LogP contribution >= 0.6 is 23.7 Å². The van der Waals surface area contributed by atoms with Crippen LogP contribution in [0.2, 0.25) is 0 Å². The number of carbonyl (C=O) groups excluding carboxylic acids is 2. The third-order valence-corrected chi connectivity index (χ3v) is 7.97. The Kier molecular flexibility index (Phi) is 4.22. The molecule has 1 heterocycles. The first-order valence-corrected chi connectivity index (χ1v) is 10.5. The summed E-state index contributed by atoms with van der Waals surface area (Å²) >= 11 is 2.84. The summed E-state index contributed by atoms with van der Waals surface area (Å²) in [5.74, 6) is -1.03. The maximum absolute atomic E-state index is 13.3. The molecule has 3 nitrogen and oxygen atoms in total. The molecule has 0 radical (unpaired) electrons. The third kappa shape index (κ3) is 2.58. The molecule has 1 unspecified atom stereocenters. The predicted octanol–water partition coefficient (Wildman–Crippen LogP) is 5.38. The van der Waals surface area contributed by atoms with Crippen molar-refractivity contribution in [2.75, 3.05) is 0 Å². The van der Waals surface area contributed by atoms with Gasteiger partial charge >= 0.3 is 0 Å². The van der Waals surface area contributed by atoms with E-state index in [2.05, 4.69) is 0 Å². The van der Waals surface area contributed by atoms with Gasteiger partial charge in [-0.2, -0.15) is 0 Å². The molecule has 5 rings (SSSR count). The first kappa shape index (κ1) is 17.5. The lowest BCUT2D eigenvalue weighted by atomic mass is 9.93. The number of hydrogen-bond acceptors (Lipinski definition) is 5. The van der Waals surface area contributed by atoms with Gasteiger partial charge in [0.05, 0.1) is 0 Å². The van der Waals surface area contributed by atoms with Crippen molar-refractivity contribution in [2.24, 2.45) is 10.3 Å². The van der Waals surface area contributed by atoms with E-state index >= 15 is 0 Å². The lowest BCUT2D eigenvalue weighted by Gasteiger charge is -2.30. The monoisotopic (exact) mass is 401 g/mol. The van der Waals surface area contributed by atoms with Gasteiger partial charge in [-0.3, -0.25) is 9.59 Å². The van der Waals surface area contributed by atoms with E-state index in [0.717, 1.165) is 16.2 Å². The zero-order valence-electron chi connectivity index (χ0n) is 14.7. The molecule has 3 aromatic rings. The average molecular weight is 402 g/mol. The van der Waals surface area contributed by atoms with Crippen LogP contribution in [0.25, 0.3) is 0 Å². The Morgan fingerprint density at radius 2 is 1.25 bits per heavy atom. The summed E-state index contributed by atoms with van der Waals surface area (Å²) < 4.78 is 3.90. The van der Waals surface area contributed by atoms with Gasteiger partial charge in [0.15, 0.2) is 11.6 Å². The van der Waals surface area contributed by atoms with E-state index in [1.807, 2.05) is 72.8 Å². The minimum absolute atomic E-state index is 0.117. The van der Waals surface area contributed by atoms with Gasteiger partial charge in [0.25, 0.3) is 0 Å². The first-order chi connectivity index (χ1) is 13.7. The average Bonchev–Trinajstić information content (AvgIpc) is 3.31. The van der Waals surface area contributed by atoms with Crippen LogP contribution in [-0.4, -0.2) is 16.6 Å². The lowest BCUT2D eigenvalue weighted by Crippen LogP contribution is -2.35. The van der Waals surface area contributed by atoms with Gasteiger partial charge in [0, 0.05) is 16.7 Å². The van der Waals surface area contributed by atoms with Gasteiger partial charge in [0.1, 0.15) is 15.0 Å². The number of benzene rings is 3. The van der Waals surface area contributed by atoms with Crippen LogP contribution in [0.4, 0.5) is 0 Å².